The second-order valence-corrected chi connectivity index (χ2v) is 33.0. The van der Waals surface area contributed by atoms with Crippen molar-refractivity contribution in [2.45, 2.75) is 10.8 Å². The van der Waals surface area contributed by atoms with Gasteiger partial charge in [-0.2, -0.15) is 0 Å². The van der Waals surface area contributed by atoms with E-state index in [1.165, 1.54) is 44.5 Å². The molecule has 0 amide bonds. The normalized spacial score (nSPS) is 12.9. The number of para-hydroxylation sites is 4. The van der Waals surface area contributed by atoms with E-state index in [-0.39, 0.29) is 0 Å². The molecule has 0 saturated carbocycles. The van der Waals surface area contributed by atoms with Crippen LogP contribution < -0.4 is 9.47 Å². The third-order valence-electron chi connectivity index (χ3n) is 25.9. The Kier molecular flexibility index (Phi) is 17.2. The zero-order chi connectivity index (χ0) is 84.4. The molecule has 0 atom stereocenters. The molecular weight excluding hydrogens is 1560 g/mol. The summed E-state index contributed by atoms with van der Waals surface area (Å²) in [5, 5.41) is 6.75. The maximum absolute atomic E-state index is 6.65. The lowest BCUT2D eigenvalue weighted by molar-refractivity contribution is 0.436. The molecule has 0 radical (unpaired) electrons. The summed E-state index contributed by atoms with van der Waals surface area (Å²) in [7, 11) is 0. The molecule has 128 heavy (non-hydrogen) atoms. The molecule has 0 fully saturated rings. The highest BCUT2D eigenvalue weighted by atomic mass is 16.5. The lowest BCUT2D eigenvalue weighted by atomic mass is 9.66. The maximum atomic E-state index is 6.65. The second kappa shape index (κ2) is 29.9. The zero-order valence-electron chi connectivity index (χ0n) is 69.0. The Morgan fingerprint density at radius 1 is 0.148 bits per heavy atom. The average Bonchev–Trinajstić information content (AvgIpc) is 1.51. The van der Waals surface area contributed by atoms with Crippen LogP contribution in [0, 0.1) is 0 Å². The molecule has 2 spiro atoms. The van der Waals surface area contributed by atoms with E-state index in [1.54, 1.807) is 0 Å². The summed E-state index contributed by atoms with van der Waals surface area (Å²) in [6.07, 6.45) is 0. The van der Waals surface area contributed by atoms with Gasteiger partial charge >= 0.3 is 0 Å². The van der Waals surface area contributed by atoms with Crippen LogP contribution in [-0.4, -0.2) is 39.9 Å². The molecule has 2 aliphatic heterocycles. The van der Waals surface area contributed by atoms with Gasteiger partial charge in [0.05, 0.1) is 33.3 Å². The van der Waals surface area contributed by atoms with Crippen molar-refractivity contribution in [2.75, 3.05) is 0 Å². The van der Waals surface area contributed by atoms with Crippen LogP contribution in [0.5, 0.6) is 23.0 Å². The number of rotatable bonds is 10. The molecule has 4 aromatic heterocycles. The quantitative estimate of drug-likeness (QED) is 0.122. The number of hydrogen-bond acceptors (Lipinski definition) is 10. The Hall–Kier alpha value is -17.1. The topological polar surface area (TPSA) is 122 Å². The van der Waals surface area contributed by atoms with Crippen LogP contribution >= 0.6 is 0 Å². The molecule has 10 heteroatoms. The van der Waals surface area contributed by atoms with Gasteiger partial charge in [-0.3, -0.25) is 0 Å². The van der Waals surface area contributed by atoms with Gasteiger partial charge in [0.2, 0.25) is 0 Å². The first-order valence-corrected chi connectivity index (χ1v) is 43.3. The third-order valence-corrected chi connectivity index (χ3v) is 25.9. The monoisotopic (exact) mass is 1630 g/mol. The smallest absolute Gasteiger partial charge is 0.164 e. The molecule has 0 bridgehead atoms. The van der Waals surface area contributed by atoms with Gasteiger partial charge in [0.15, 0.2) is 34.9 Å². The number of aromatic nitrogens is 8. The first kappa shape index (κ1) is 73.6. The highest BCUT2D eigenvalue weighted by Gasteiger charge is 2.53. The predicted molar refractivity (Wildman–Crippen MR) is 514 cm³/mol. The highest BCUT2D eigenvalue weighted by molar-refractivity contribution is 6.16. The lowest BCUT2D eigenvalue weighted by Crippen LogP contribution is -2.32. The molecule has 26 rings (SSSR count). The SMILES string of the molecule is c1ccc(-c2nc(-c3ccccc3)nc(-c3ccc(-c4ccc5c(c4)nc(-c4ccccc4)c4cc6c(cc45)C4(c5ccccc5Oc5ccccc54)c4ccccc4-6)cc3)n2)cc1.c1ccc(-c2nc(-c3ccccc3)nc(-c3cccc(-c4ccc5c(c4)nc(-c4ccccc4)c4cc6c(cc45)C4(c5ccccc5Oc5ccccc54)c4ccccc4-6)c3)n2)cc1. The Balaban J connectivity index is 0.000000139. The van der Waals surface area contributed by atoms with Crippen molar-refractivity contribution in [3.63, 3.8) is 0 Å². The van der Waals surface area contributed by atoms with Gasteiger partial charge < -0.3 is 9.47 Å². The number of fused-ring (bicyclic) bond motifs is 24. The molecule has 2 aliphatic carbocycles. The van der Waals surface area contributed by atoms with Crippen LogP contribution in [-0.2, 0) is 10.8 Å². The first-order chi connectivity index (χ1) is 63.4. The van der Waals surface area contributed by atoms with E-state index in [4.69, 9.17) is 49.3 Å². The van der Waals surface area contributed by atoms with E-state index < -0.39 is 10.8 Å². The second-order valence-electron chi connectivity index (χ2n) is 33.0. The minimum absolute atomic E-state index is 0.571. The summed E-state index contributed by atoms with van der Waals surface area (Å²) in [4.78, 5) is 40.8. The minimum atomic E-state index is -0.579. The van der Waals surface area contributed by atoms with Gasteiger partial charge in [-0.05, 0) is 144 Å². The van der Waals surface area contributed by atoms with Crippen molar-refractivity contribution in [1.29, 1.82) is 0 Å². The van der Waals surface area contributed by atoms with E-state index in [0.29, 0.717) is 34.9 Å². The summed E-state index contributed by atoms with van der Waals surface area (Å²) in [5.74, 6) is 7.31. The van der Waals surface area contributed by atoms with Crippen molar-refractivity contribution >= 4 is 43.4 Å². The third kappa shape index (κ3) is 11.9. The molecule has 6 heterocycles. The molecule has 18 aromatic carbocycles. The van der Waals surface area contributed by atoms with Gasteiger partial charge in [0.1, 0.15) is 23.0 Å². The number of nitrogens with zero attached hydrogens (tertiary/aromatic N) is 8. The highest BCUT2D eigenvalue weighted by Crippen LogP contribution is 2.65. The summed E-state index contributed by atoms with van der Waals surface area (Å²) in [5.41, 5.74) is 29.1. The number of pyridine rings is 2. The molecule has 4 aliphatic rings. The van der Waals surface area contributed by atoms with Crippen molar-refractivity contribution in [1.82, 2.24) is 39.9 Å². The summed E-state index contributed by atoms with van der Waals surface area (Å²) >= 11 is 0. The number of benzene rings is 18. The van der Waals surface area contributed by atoms with E-state index >= 15 is 0 Å². The van der Waals surface area contributed by atoms with Gasteiger partial charge in [0.25, 0.3) is 0 Å². The van der Waals surface area contributed by atoms with Crippen molar-refractivity contribution in [3.05, 3.63) is 481 Å². The number of ether oxygens (including phenoxy) is 2. The van der Waals surface area contributed by atoms with Gasteiger partial charge in [-0.1, -0.05) is 370 Å². The van der Waals surface area contributed by atoms with Crippen LogP contribution in [0.2, 0.25) is 0 Å². The fourth-order valence-corrected chi connectivity index (χ4v) is 20.2. The molecule has 596 valence electrons. The zero-order valence-corrected chi connectivity index (χ0v) is 69.0. The van der Waals surface area contributed by atoms with Crippen molar-refractivity contribution in [3.8, 4) is 158 Å². The van der Waals surface area contributed by atoms with Crippen LogP contribution in [0.4, 0.5) is 0 Å². The van der Waals surface area contributed by atoms with E-state index in [2.05, 4.69) is 315 Å². The maximum Gasteiger partial charge on any atom is 0.164 e. The molecule has 0 unspecified atom stereocenters. The van der Waals surface area contributed by atoms with E-state index in [0.717, 1.165) is 167 Å². The number of hydrogen-bond donors (Lipinski definition) is 0. The standard InChI is InChI=1S/2C59H36N4O/c1-4-17-37(18-5-1)55-47-35-46-43-25-10-11-26-48(43)59(49-27-12-14-29-53(49)64-54-30-15-13-28-50(54)59)51(46)36-45(47)44-32-31-41(34-52(44)60-55)40-23-16-24-42(33-40)58-62-56(38-19-6-2-7-20-38)61-57(63-58)39-21-8-3-9-22-39;1-4-16-38(17-5-1)55-47-35-46-43-22-10-11-23-48(43)59(49-24-12-14-26-53(49)64-54-27-15-13-25-50(54)59)51(46)36-45(47)44-33-32-42(34-52(44)60-55)37-28-30-41(31-29-37)58-62-56(39-18-6-2-7-19-39)61-57(63-58)40-20-8-3-9-21-40/h2*1-36H. The van der Waals surface area contributed by atoms with E-state index in [1.807, 2.05) is 121 Å². The van der Waals surface area contributed by atoms with Gasteiger partial charge in [-0.15, -0.1) is 0 Å². The van der Waals surface area contributed by atoms with Crippen LogP contribution in [0.15, 0.2) is 437 Å². The molecule has 22 aromatic rings. The lowest BCUT2D eigenvalue weighted by Gasteiger charge is -2.39. The molecule has 0 saturated heterocycles. The van der Waals surface area contributed by atoms with Gasteiger partial charge in [0, 0.05) is 88.3 Å². The Bertz CT molecular complexity index is 8040. The summed E-state index contributed by atoms with van der Waals surface area (Å²) < 4.78 is 13.3. The van der Waals surface area contributed by atoms with Gasteiger partial charge in [-0.25, -0.2) is 39.9 Å². The first-order valence-electron chi connectivity index (χ1n) is 43.3. The fourth-order valence-electron chi connectivity index (χ4n) is 20.2. The summed E-state index contributed by atoms with van der Waals surface area (Å²) in [6.45, 7) is 0. The van der Waals surface area contributed by atoms with Crippen LogP contribution in [0.25, 0.3) is 179 Å². The Labute approximate surface area is 738 Å². The van der Waals surface area contributed by atoms with E-state index in [9.17, 15) is 0 Å². The molecular formula is C118H72N8O2. The fraction of sp³-hybridized carbons (Fsp3) is 0.0169. The predicted octanol–water partition coefficient (Wildman–Crippen LogP) is 28.8. The Morgan fingerprint density at radius 2 is 0.414 bits per heavy atom. The van der Waals surface area contributed by atoms with Crippen molar-refractivity contribution in [2.24, 2.45) is 0 Å². The van der Waals surface area contributed by atoms with Crippen molar-refractivity contribution < 1.29 is 9.47 Å². The molecule has 0 N–H and O–H groups in total. The Morgan fingerprint density at radius 3 is 0.781 bits per heavy atom. The molecule has 10 nitrogen and oxygen atoms in total. The van der Waals surface area contributed by atoms with Crippen LogP contribution in [0.3, 0.4) is 0 Å². The van der Waals surface area contributed by atoms with Crippen LogP contribution in [0.1, 0.15) is 44.5 Å². The largest absolute Gasteiger partial charge is 0.457 e. The summed E-state index contributed by atoms with van der Waals surface area (Å²) in [6, 6.07) is 154. The minimum Gasteiger partial charge on any atom is -0.457 e. The average molecular weight is 1630 g/mol.